The highest BCUT2D eigenvalue weighted by Crippen LogP contribution is 2.20. The molecule has 3 heteroatoms. The van der Waals surface area contributed by atoms with Crippen molar-refractivity contribution in [3.8, 4) is 0 Å². The molecule has 0 saturated carbocycles. The summed E-state index contributed by atoms with van der Waals surface area (Å²) in [6.07, 6.45) is 6.80. The summed E-state index contributed by atoms with van der Waals surface area (Å²) in [5.41, 5.74) is 0. The molecule has 2 aliphatic rings. The molecular weight excluding hydrogens is 220 g/mol. The van der Waals surface area contributed by atoms with Crippen LogP contribution in [0.5, 0.6) is 0 Å². The van der Waals surface area contributed by atoms with Crippen LogP contribution in [0, 0.1) is 5.92 Å². The van der Waals surface area contributed by atoms with Gasteiger partial charge in [0, 0.05) is 12.4 Å². The molecule has 0 spiro atoms. The number of rotatable bonds is 5. The van der Waals surface area contributed by atoms with Crippen LogP contribution in [0.3, 0.4) is 0 Å². The van der Waals surface area contributed by atoms with Crippen molar-refractivity contribution >= 4 is 11.6 Å². The zero-order chi connectivity index (χ0) is 11.2. The van der Waals surface area contributed by atoms with Gasteiger partial charge in [-0.05, 0) is 70.7 Å². The van der Waals surface area contributed by atoms with Crippen LogP contribution in [0.4, 0.5) is 0 Å². The number of hydrogen-bond acceptors (Lipinski definition) is 2. The largest absolute Gasteiger partial charge is 0.303 e. The van der Waals surface area contributed by atoms with E-state index in [4.69, 9.17) is 11.6 Å². The predicted octanol–water partition coefficient (Wildman–Crippen LogP) is 2.42. The van der Waals surface area contributed by atoms with Gasteiger partial charge in [0.25, 0.3) is 0 Å². The Morgan fingerprint density at radius 3 is 2.25 bits per heavy atom. The highest BCUT2D eigenvalue weighted by Gasteiger charge is 2.22. The topological polar surface area (TPSA) is 6.48 Å². The highest BCUT2D eigenvalue weighted by molar-refractivity contribution is 6.17. The van der Waals surface area contributed by atoms with Crippen molar-refractivity contribution in [1.82, 2.24) is 9.80 Å². The van der Waals surface area contributed by atoms with Crippen molar-refractivity contribution in [2.24, 2.45) is 5.92 Å². The normalized spacial score (nSPS) is 25.3. The summed E-state index contributed by atoms with van der Waals surface area (Å²) in [6, 6.07) is 0. The summed E-state index contributed by atoms with van der Waals surface area (Å²) in [6.45, 7) is 7.88. The van der Waals surface area contributed by atoms with Crippen molar-refractivity contribution in [3.63, 3.8) is 0 Å². The Morgan fingerprint density at radius 1 is 0.938 bits per heavy atom. The minimum absolute atomic E-state index is 0.813. The highest BCUT2D eigenvalue weighted by atomic mass is 35.5. The minimum atomic E-state index is 0.813. The first-order chi connectivity index (χ1) is 7.88. The Balaban J connectivity index is 1.60. The Hall–Kier alpha value is 0.210. The Kier molecular flexibility index (Phi) is 5.40. The van der Waals surface area contributed by atoms with Crippen LogP contribution >= 0.6 is 11.6 Å². The molecule has 2 saturated heterocycles. The van der Waals surface area contributed by atoms with Crippen molar-refractivity contribution in [1.29, 1.82) is 0 Å². The number of alkyl halides is 1. The minimum Gasteiger partial charge on any atom is -0.303 e. The molecule has 0 aromatic carbocycles. The maximum absolute atomic E-state index is 5.73. The molecule has 0 bridgehead atoms. The van der Waals surface area contributed by atoms with E-state index in [1.54, 1.807) is 0 Å². The molecule has 0 aromatic rings. The van der Waals surface area contributed by atoms with Gasteiger partial charge in [-0.15, -0.1) is 11.6 Å². The lowest BCUT2D eigenvalue weighted by molar-refractivity contribution is 0.154. The zero-order valence-electron chi connectivity index (χ0n) is 10.3. The summed E-state index contributed by atoms with van der Waals surface area (Å²) in [4.78, 5) is 5.25. The lowest BCUT2D eigenvalue weighted by Gasteiger charge is -2.33. The lowest BCUT2D eigenvalue weighted by Crippen LogP contribution is -2.38. The van der Waals surface area contributed by atoms with Crippen molar-refractivity contribution in [2.45, 2.75) is 32.1 Å². The molecule has 16 heavy (non-hydrogen) atoms. The van der Waals surface area contributed by atoms with Gasteiger partial charge in [0.2, 0.25) is 0 Å². The molecule has 2 fully saturated rings. The van der Waals surface area contributed by atoms with Gasteiger partial charge in [0.05, 0.1) is 0 Å². The molecular formula is C13H25ClN2. The molecule has 0 radical (unpaired) electrons. The van der Waals surface area contributed by atoms with Crippen LogP contribution in [-0.4, -0.2) is 54.9 Å². The molecule has 0 aliphatic carbocycles. The van der Waals surface area contributed by atoms with E-state index in [9.17, 15) is 0 Å². The second-order valence-corrected chi connectivity index (χ2v) is 5.71. The molecule has 2 nitrogen and oxygen atoms in total. The van der Waals surface area contributed by atoms with Crippen LogP contribution in [0.1, 0.15) is 32.1 Å². The summed E-state index contributed by atoms with van der Waals surface area (Å²) in [5, 5.41) is 0. The summed E-state index contributed by atoms with van der Waals surface area (Å²) < 4.78 is 0. The van der Waals surface area contributed by atoms with E-state index in [2.05, 4.69) is 9.80 Å². The molecule has 2 aliphatic heterocycles. The van der Waals surface area contributed by atoms with Gasteiger partial charge < -0.3 is 9.80 Å². The fraction of sp³-hybridized carbons (Fsp3) is 1.00. The molecule has 0 aromatic heterocycles. The molecule has 94 valence electrons. The first-order valence-corrected chi connectivity index (χ1v) is 7.42. The number of nitrogens with zero attached hydrogens (tertiary/aromatic N) is 2. The predicted molar refractivity (Wildman–Crippen MR) is 70.2 cm³/mol. The van der Waals surface area contributed by atoms with Crippen LogP contribution in [0.2, 0.25) is 0 Å². The van der Waals surface area contributed by atoms with E-state index >= 15 is 0 Å². The monoisotopic (exact) mass is 244 g/mol. The standard InChI is InChI=1S/C13H25ClN2/c14-6-3-9-15-10-4-13(5-11-15)12-16-7-1-2-8-16/h13H,1-12H2. The smallest absolute Gasteiger partial charge is 0.0235 e. The first kappa shape index (κ1) is 12.7. The Morgan fingerprint density at radius 2 is 1.62 bits per heavy atom. The maximum atomic E-state index is 5.73. The van der Waals surface area contributed by atoms with Gasteiger partial charge in [0.1, 0.15) is 0 Å². The van der Waals surface area contributed by atoms with Crippen LogP contribution < -0.4 is 0 Å². The average molecular weight is 245 g/mol. The fourth-order valence-corrected chi connectivity index (χ4v) is 3.13. The quantitative estimate of drug-likeness (QED) is 0.686. The second kappa shape index (κ2) is 6.83. The zero-order valence-corrected chi connectivity index (χ0v) is 11.1. The first-order valence-electron chi connectivity index (χ1n) is 6.89. The van der Waals surface area contributed by atoms with Gasteiger partial charge in [0.15, 0.2) is 0 Å². The van der Waals surface area contributed by atoms with E-state index in [1.165, 1.54) is 65.0 Å². The van der Waals surface area contributed by atoms with Crippen molar-refractivity contribution in [3.05, 3.63) is 0 Å². The van der Waals surface area contributed by atoms with Crippen LogP contribution in [0.15, 0.2) is 0 Å². The van der Waals surface area contributed by atoms with Crippen LogP contribution in [-0.2, 0) is 0 Å². The van der Waals surface area contributed by atoms with Gasteiger partial charge in [-0.1, -0.05) is 0 Å². The summed E-state index contributed by atoms with van der Waals surface area (Å²) in [5.74, 6) is 1.78. The van der Waals surface area contributed by atoms with Gasteiger partial charge >= 0.3 is 0 Å². The van der Waals surface area contributed by atoms with Crippen LogP contribution in [0.25, 0.3) is 0 Å². The number of halogens is 1. The molecule has 0 atom stereocenters. The summed E-state index contributed by atoms with van der Waals surface area (Å²) in [7, 11) is 0. The molecule has 0 N–H and O–H groups in total. The fourth-order valence-electron chi connectivity index (χ4n) is 3.01. The third kappa shape index (κ3) is 3.90. The lowest BCUT2D eigenvalue weighted by atomic mass is 9.96. The van der Waals surface area contributed by atoms with E-state index in [1.807, 2.05) is 0 Å². The van der Waals surface area contributed by atoms with E-state index in [0.717, 1.165) is 18.2 Å². The Bertz CT molecular complexity index is 184. The molecule has 0 unspecified atom stereocenters. The third-order valence-corrected chi connectivity index (χ3v) is 4.30. The Labute approximate surface area is 105 Å². The number of hydrogen-bond donors (Lipinski definition) is 0. The van der Waals surface area contributed by atoms with Gasteiger partial charge in [-0.2, -0.15) is 0 Å². The van der Waals surface area contributed by atoms with Gasteiger partial charge in [-0.3, -0.25) is 0 Å². The van der Waals surface area contributed by atoms with E-state index in [-0.39, 0.29) is 0 Å². The molecule has 2 heterocycles. The third-order valence-electron chi connectivity index (χ3n) is 4.03. The average Bonchev–Trinajstić information content (AvgIpc) is 2.81. The van der Waals surface area contributed by atoms with E-state index in [0.29, 0.717) is 0 Å². The van der Waals surface area contributed by atoms with Crippen molar-refractivity contribution in [2.75, 3.05) is 45.1 Å². The second-order valence-electron chi connectivity index (χ2n) is 5.34. The maximum Gasteiger partial charge on any atom is 0.0235 e. The number of piperidine rings is 1. The molecule has 2 rings (SSSR count). The van der Waals surface area contributed by atoms with Crippen molar-refractivity contribution < 1.29 is 0 Å². The summed E-state index contributed by atoms with van der Waals surface area (Å²) >= 11 is 5.73. The number of likely N-dealkylation sites (tertiary alicyclic amines) is 2. The molecule has 0 amide bonds. The SMILES string of the molecule is ClCCCN1CCC(CN2CCCC2)CC1. The van der Waals surface area contributed by atoms with E-state index < -0.39 is 0 Å². The van der Waals surface area contributed by atoms with Gasteiger partial charge in [-0.25, -0.2) is 0 Å².